The van der Waals surface area contributed by atoms with Crippen LogP contribution in [0.5, 0.6) is 0 Å². The SMILES string of the molecule is Cc1cccc(-c2cccc(C(=O)N3CCC(O)(c4cccnc4)CC3)c2)c1. The fraction of sp³-hybridized carbons (Fsp3) is 0.250. The first-order valence-electron chi connectivity index (χ1n) is 9.64. The number of carbonyl (C=O) groups excluding carboxylic acids is 1. The van der Waals surface area contributed by atoms with Crippen molar-refractivity contribution in [2.24, 2.45) is 0 Å². The molecule has 4 nitrogen and oxygen atoms in total. The third kappa shape index (κ3) is 3.69. The lowest BCUT2D eigenvalue weighted by Gasteiger charge is -2.38. The molecular formula is C24H24N2O2. The molecule has 0 saturated carbocycles. The molecular weight excluding hydrogens is 348 g/mol. The van der Waals surface area contributed by atoms with Crippen LogP contribution in [0.3, 0.4) is 0 Å². The van der Waals surface area contributed by atoms with Crippen molar-refractivity contribution in [3.8, 4) is 11.1 Å². The number of amides is 1. The predicted octanol–water partition coefficient (Wildman–Crippen LogP) is 4.18. The summed E-state index contributed by atoms with van der Waals surface area (Å²) in [5, 5.41) is 11.0. The molecule has 0 unspecified atom stereocenters. The number of nitrogens with zero attached hydrogens (tertiary/aromatic N) is 2. The largest absolute Gasteiger partial charge is 0.385 e. The topological polar surface area (TPSA) is 53.4 Å². The van der Waals surface area contributed by atoms with Crippen LogP contribution in [0.2, 0.25) is 0 Å². The zero-order valence-corrected chi connectivity index (χ0v) is 16.0. The molecule has 3 aromatic rings. The van der Waals surface area contributed by atoms with Gasteiger partial charge in [-0.15, -0.1) is 0 Å². The number of aromatic nitrogens is 1. The molecule has 142 valence electrons. The van der Waals surface area contributed by atoms with Crippen molar-refractivity contribution < 1.29 is 9.90 Å². The number of likely N-dealkylation sites (tertiary alicyclic amines) is 1. The van der Waals surface area contributed by atoms with Crippen molar-refractivity contribution in [3.63, 3.8) is 0 Å². The van der Waals surface area contributed by atoms with Gasteiger partial charge in [0, 0.05) is 36.6 Å². The molecule has 2 heterocycles. The lowest BCUT2D eigenvalue weighted by atomic mass is 9.85. The van der Waals surface area contributed by atoms with Crippen LogP contribution in [-0.4, -0.2) is 34.0 Å². The summed E-state index contributed by atoms with van der Waals surface area (Å²) < 4.78 is 0. The van der Waals surface area contributed by atoms with Gasteiger partial charge in [0.2, 0.25) is 0 Å². The van der Waals surface area contributed by atoms with Crippen molar-refractivity contribution in [1.29, 1.82) is 0 Å². The van der Waals surface area contributed by atoms with Gasteiger partial charge < -0.3 is 10.0 Å². The minimum atomic E-state index is -0.908. The maximum Gasteiger partial charge on any atom is 0.253 e. The molecule has 2 aromatic carbocycles. The average molecular weight is 372 g/mol. The highest BCUT2D eigenvalue weighted by molar-refractivity contribution is 5.95. The van der Waals surface area contributed by atoms with Crippen LogP contribution >= 0.6 is 0 Å². The molecule has 0 aliphatic carbocycles. The van der Waals surface area contributed by atoms with Crippen LogP contribution in [-0.2, 0) is 5.60 Å². The van der Waals surface area contributed by atoms with E-state index in [1.807, 2.05) is 47.4 Å². The Morgan fingerprint density at radius 3 is 2.39 bits per heavy atom. The van der Waals surface area contributed by atoms with Crippen molar-refractivity contribution in [1.82, 2.24) is 9.88 Å². The first-order valence-corrected chi connectivity index (χ1v) is 9.64. The quantitative estimate of drug-likeness (QED) is 0.750. The fourth-order valence-electron chi connectivity index (χ4n) is 3.85. The normalized spacial score (nSPS) is 16.0. The van der Waals surface area contributed by atoms with E-state index in [4.69, 9.17) is 0 Å². The Balaban J connectivity index is 1.50. The van der Waals surface area contributed by atoms with Gasteiger partial charge in [0.05, 0.1) is 5.60 Å². The Morgan fingerprint density at radius 1 is 1.00 bits per heavy atom. The molecule has 4 rings (SSSR count). The van der Waals surface area contributed by atoms with Gasteiger partial charge in [-0.2, -0.15) is 0 Å². The summed E-state index contributed by atoms with van der Waals surface area (Å²) in [5.74, 6) is 0.0164. The van der Waals surface area contributed by atoms with E-state index < -0.39 is 5.60 Å². The zero-order valence-electron chi connectivity index (χ0n) is 16.0. The molecule has 1 fully saturated rings. The number of benzene rings is 2. The second kappa shape index (κ2) is 7.56. The standard InChI is InChI=1S/C24H24N2O2/c1-18-5-2-6-19(15-18)20-7-3-8-21(16-20)23(27)26-13-10-24(28,11-14-26)22-9-4-12-25-17-22/h2-9,12,15-17,28H,10-11,13-14H2,1H3. The third-order valence-electron chi connectivity index (χ3n) is 5.54. The number of aliphatic hydroxyl groups is 1. The van der Waals surface area contributed by atoms with Gasteiger partial charge in [0.1, 0.15) is 0 Å². The Hall–Kier alpha value is -2.98. The van der Waals surface area contributed by atoms with E-state index in [0.29, 0.717) is 31.5 Å². The highest BCUT2D eigenvalue weighted by Crippen LogP contribution is 2.33. The highest BCUT2D eigenvalue weighted by Gasteiger charge is 2.35. The molecule has 0 spiro atoms. The van der Waals surface area contributed by atoms with E-state index in [1.54, 1.807) is 12.4 Å². The Bertz CT molecular complexity index is 977. The number of rotatable bonds is 3. The van der Waals surface area contributed by atoms with Gasteiger partial charge in [0.15, 0.2) is 0 Å². The Kier molecular flexibility index (Phi) is 4.97. The zero-order chi connectivity index (χ0) is 19.6. The fourth-order valence-corrected chi connectivity index (χ4v) is 3.85. The smallest absolute Gasteiger partial charge is 0.253 e. The van der Waals surface area contributed by atoms with Crippen molar-refractivity contribution in [2.45, 2.75) is 25.4 Å². The number of piperidine rings is 1. The van der Waals surface area contributed by atoms with E-state index in [9.17, 15) is 9.90 Å². The first-order chi connectivity index (χ1) is 13.5. The molecule has 1 amide bonds. The van der Waals surface area contributed by atoms with Crippen LogP contribution in [0.1, 0.15) is 34.3 Å². The van der Waals surface area contributed by atoms with Gasteiger partial charge in [-0.1, -0.05) is 48.0 Å². The summed E-state index contributed by atoms with van der Waals surface area (Å²) in [6.07, 6.45) is 4.44. The van der Waals surface area contributed by atoms with Crippen LogP contribution in [0.15, 0.2) is 73.1 Å². The van der Waals surface area contributed by atoms with Crippen molar-refractivity contribution in [2.75, 3.05) is 13.1 Å². The van der Waals surface area contributed by atoms with E-state index in [-0.39, 0.29) is 5.91 Å². The van der Waals surface area contributed by atoms with E-state index >= 15 is 0 Å². The lowest BCUT2D eigenvalue weighted by molar-refractivity contribution is -0.0213. The van der Waals surface area contributed by atoms with E-state index in [0.717, 1.165) is 16.7 Å². The number of hydrogen-bond acceptors (Lipinski definition) is 3. The number of carbonyl (C=O) groups is 1. The molecule has 1 aliphatic heterocycles. The summed E-state index contributed by atoms with van der Waals surface area (Å²) in [5.41, 5.74) is 3.95. The van der Waals surface area contributed by atoms with Gasteiger partial charge in [0.25, 0.3) is 5.91 Å². The van der Waals surface area contributed by atoms with E-state index in [2.05, 4.69) is 30.1 Å². The lowest BCUT2D eigenvalue weighted by Crippen LogP contribution is -2.45. The molecule has 1 saturated heterocycles. The van der Waals surface area contributed by atoms with Crippen LogP contribution in [0, 0.1) is 6.92 Å². The maximum atomic E-state index is 13.0. The number of aryl methyl sites for hydroxylation is 1. The Labute approximate surface area is 165 Å². The third-order valence-corrected chi connectivity index (χ3v) is 5.54. The average Bonchev–Trinajstić information content (AvgIpc) is 2.74. The minimum absolute atomic E-state index is 0.0164. The Morgan fingerprint density at radius 2 is 1.71 bits per heavy atom. The number of pyridine rings is 1. The molecule has 1 N–H and O–H groups in total. The molecule has 1 aromatic heterocycles. The van der Waals surface area contributed by atoms with Gasteiger partial charge in [-0.3, -0.25) is 9.78 Å². The molecule has 0 atom stereocenters. The van der Waals surface area contributed by atoms with Gasteiger partial charge in [-0.25, -0.2) is 0 Å². The maximum absolute atomic E-state index is 13.0. The summed E-state index contributed by atoms with van der Waals surface area (Å²) in [6.45, 7) is 3.12. The van der Waals surface area contributed by atoms with Crippen molar-refractivity contribution in [3.05, 3.63) is 89.7 Å². The summed E-state index contributed by atoms with van der Waals surface area (Å²) in [6, 6.07) is 19.8. The van der Waals surface area contributed by atoms with Crippen LogP contribution < -0.4 is 0 Å². The molecule has 1 aliphatic rings. The van der Waals surface area contributed by atoms with Crippen molar-refractivity contribution >= 4 is 5.91 Å². The van der Waals surface area contributed by atoms with Crippen LogP contribution in [0.4, 0.5) is 0 Å². The molecule has 0 radical (unpaired) electrons. The summed E-state index contributed by atoms with van der Waals surface area (Å²) >= 11 is 0. The van der Waals surface area contributed by atoms with Gasteiger partial charge in [-0.05, 0) is 49.1 Å². The molecule has 4 heteroatoms. The van der Waals surface area contributed by atoms with E-state index in [1.165, 1.54) is 5.56 Å². The molecule has 0 bridgehead atoms. The monoisotopic (exact) mass is 372 g/mol. The second-order valence-corrected chi connectivity index (χ2v) is 7.52. The van der Waals surface area contributed by atoms with Crippen LogP contribution in [0.25, 0.3) is 11.1 Å². The predicted molar refractivity (Wildman–Crippen MR) is 110 cm³/mol. The van der Waals surface area contributed by atoms with Gasteiger partial charge >= 0.3 is 0 Å². The molecule has 28 heavy (non-hydrogen) atoms. The highest BCUT2D eigenvalue weighted by atomic mass is 16.3. The number of hydrogen-bond donors (Lipinski definition) is 1. The first kappa shape index (κ1) is 18.4. The minimum Gasteiger partial charge on any atom is -0.385 e. The summed E-state index contributed by atoms with van der Waals surface area (Å²) in [4.78, 5) is 19.0. The second-order valence-electron chi connectivity index (χ2n) is 7.52. The summed E-state index contributed by atoms with van der Waals surface area (Å²) in [7, 11) is 0.